The van der Waals surface area contributed by atoms with Gasteiger partial charge >= 0.3 is 5.97 Å². The second-order valence-electron chi connectivity index (χ2n) is 7.65. The van der Waals surface area contributed by atoms with E-state index in [4.69, 9.17) is 9.47 Å². The van der Waals surface area contributed by atoms with Crippen LogP contribution in [0.1, 0.15) is 56.1 Å². The lowest BCUT2D eigenvalue weighted by Crippen LogP contribution is -2.42. The monoisotopic (exact) mass is 413 g/mol. The van der Waals surface area contributed by atoms with Crippen LogP contribution in [-0.4, -0.2) is 41.0 Å². The Kier molecular flexibility index (Phi) is 7.26. The zero-order valence-corrected chi connectivity index (χ0v) is 18.2. The van der Waals surface area contributed by atoms with Crippen LogP contribution in [0.4, 0.5) is 0 Å². The number of nitrogens with zero attached hydrogens (tertiary/aromatic N) is 2. The van der Waals surface area contributed by atoms with Crippen molar-refractivity contribution in [2.24, 2.45) is 5.92 Å². The molecule has 7 nitrogen and oxygen atoms in total. The minimum Gasteiger partial charge on any atom is -0.464 e. The number of ether oxygens (including phenoxy) is 2. The molecular formula is C23H31N3O4. The van der Waals surface area contributed by atoms with Gasteiger partial charge in [0.25, 0.3) is 0 Å². The van der Waals surface area contributed by atoms with E-state index < -0.39 is 12.0 Å². The van der Waals surface area contributed by atoms with Gasteiger partial charge in [0.05, 0.1) is 24.1 Å². The number of esters is 1. The van der Waals surface area contributed by atoms with Crippen LogP contribution in [0, 0.1) is 19.8 Å². The van der Waals surface area contributed by atoms with Gasteiger partial charge in [0.15, 0.2) is 6.04 Å². The van der Waals surface area contributed by atoms with E-state index in [0.717, 1.165) is 17.8 Å². The van der Waals surface area contributed by atoms with Gasteiger partial charge in [-0.05, 0) is 52.2 Å². The summed E-state index contributed by atoms with van der Waals surface area (Å²) in [5, 5.41) is 7.58. The van der Waals surface area contributed by atoms with E-state index in [1.807, 2.05) is 44.2 Å². The number of rotatable bonds is 7. The first-order valence-corrected chi connectivity index (χ1v) is 10.7. The van der Waals surface area contributed by atoms with Gasteiger partial charge in [0, 0.05) is 23.8 Å². The fourth-order valence-corrected chi connectivity index (χ4v) is 4.03. The van der Waals surface area contributed by atoms with Crippen LogP contribution in [0.2, 0.25) is 0 Å². The van der Waals surface area contributed by atoms with Crippen LogP contribution in [0.3, 0.4) is 0 Å². The highest BCUT2D eigenvalue weighted by molar-refractivity contribution is 5.87. The number of benzene rings is 1. The average Bonchev–Trinajstić information content (AvgIpc) is 3.06. The van der Waals surface area contributed by atoms with Crippen molar-refractivity contribution in [3.63, 3.8) is 0 Å². The van der Waals surface area contributed by atoms with Gasteiger partial charge in [-0.3, -0.25) is 4.79 Å². The van der Waals surface area contributed by atoms with Gasteiger partial charge in [-0.15, -0.1) is 0 Å². The summed E-state index contributed by atoms with van der Waals surface area (Å²) < 4.78 is 12.8. The molecule has 162 valence electrons. The summed E-state index contributed by atoms with van der Waals surface area (Å²) in [5.41, 5.74) is 3.07. The Morgan fingerprint density at radius 2 is 2.00 bits per heavy atom. The molecule has 0 saturated carbocycles. The number of aryl methyl sites for hydroxylation is 1. The summed E-state index contributed by atoms with van der Waals surface area (Å²) in [5.74, 6) is -0.782. The Hall–Kier alpha value is -2.67. The van der Waals surface area contributed by atoms with Gasteiger partial charge in [0.1, 0.15) is 0 Å². The van der Waals surface area contributed by atoms with Crippen LogP contribution >= 0.6 is 0 Å². The van der Waals surface area contributed by atoms with Crippen LogP contribution in [0.25, 0.3) is 5.69 Å². The maximum atomic E-state index is 13.0. The molecule has 3 atom stereocenters. The van der Waals surface area contributed by atoms with Crippen molar-refractivity contribution in [2.75, 3.05) is 13.2 Å². The molecule has 30 heavy (non-hydrogen) atoms. The number of amides is 1. The Bertz CT molecular complexity index is 878. The smallest absolute Gasteiger partial charge is 0.333 e. The molecule has 2 aromatic rings. The highest BCUT2D eigenvalue weighted by atomic mass is 16.5. The first-order chi connectivity index (χ1) is 14.5. The quantitative estimate of drug-likeness (QED) is 0.704. The molecular weight excluding hydrogens is 382 g/mol. The van der Waals surface area contributed by atoms with E-state index in [0.29, 0.717) is 30.7 Å². The molecule has 1 aliphatic rings. The molecule has 1 fully saturated rings. The average molecular weight is 414 g/mol. The van der Waals surface area contributed by atoms with Gasteiger partial charge in [-0.25, -0.2) is 9.48 Å². The summed E-state index contributed by atoms with van der Waals surface area (Å²) in [4.78, 5) is 25.9. The summed E-state index contributed by atoms with van der Waals surface area (Å²) in [6.45, 7) is 8.37. The van der Waals surface area contributed by atoms with Crippen molar-refractivity contribution in [3.8, 4) is 5.69 Å². The second-order valence-corrected chi connectivity index (χ2v) is 7.65. The number of aromatic nitrogens is 2. The van der Waals surface area contributed by atoms with Gasteiger partial charge < -0.3 is 14.8 Å². The highest BCUT2D eigenvalue weighted by Crippen LogP contribution is 2.28. The number of nitrogens with one attached hydrogen (secondary N) is 1. The van der Waals surface area contributed by atoms with Crippen molar-refractivity contribution in [2.45, 2.75) is 59.1 Å². The Morgan fingerprint density at radius 3 is 2.67 bits per heavy atom. The van der Waals surface area contributed by atoms with Crippen molar-refractivity contribution in [1.29, 1.82) is 0 Å². The molecule has 1 N–H and O–H groups in total. The van der Waals surface area contributed by atoms with E-state index in [9.17, 15) is 9.59 Å². The lowest BCUT2D eigenvalue weighted by atomic mass is 9.92. The normalized spacial score (nSPS) is 19.9. The number of carbonyl (C=O) groups is 2. The van der Waals surface area contributed by atoms with Crippen LogP contribution in [0.15, 0.2) is 30.3 Å². The number of hydrogen-bond donors (Lipinski definition) is 1. The number of hydrogen-bond acceptors (Lipinski definition) is 5. The van der Waals surface area contributed by atoms with Gasteiger partial charge in [-0.1, -0.05) is 25.1 Å². The van der Waals surface area contributed by atoms with E-state index in [1.165, 1.54) is 0 Å². The Balaban J connectivity index is 1.90. The molecule has 0 bridgehead atoms. The van der Waals surface area contributed by atoms with Crippen LogP contribution < -0.4 is 5.32 Å². The molecule has 3 rings (SSSR count). The molecule has 0 radical (unpaired) electrons. The molecule has 1 saturated heterocycles. The SMILES string of the molecule is CCOC(=O)[C@H](NC(=O)[C@@H]1CCO[C@@H](CC)C1)c1c(C)nn(-c2ccccc2)c1C. The first kappa shape index (κ1) is 22.0. The molecule has 0 aliphatic carbocycles. The fraction of sp³-hybridized carbons (Fsp3) is 0.522. The van der Waals surface area contributed by atoms with E-state index in [-0.39, 0.29) is 24.5 Å². The summed E-state index contributed by atoms with van der Waals surface area (Å²) in [6.07, 6.45) is 2.27. The van der Waals surface area contributed by atoms with E-state index in [1.54, 1.807) is 11.6 Å². The zero-order chi connectivity index (χ0) is 21.7. The van der Waals surface area contributed by atoms with Crippen molar-refractivity contribution >= 4 is 11.9 Å². The maximum absolute atomic E-state index is 13.0. The molecule has 1 aromatic heterocycles. The molecule has 1 amide bonds. The minimum absolute atomic E-state index is 0.0832. The third-order valence-corrected chi connectivity index (χ3v) is 5.64. The van der Waals surface area contributed by atoms with Crippen LogP contribution in [-0.2, 0) is 19.1 Å². The Labute approximate surface area is 177 Å². The molecule has 0 spiro atoms. The van der Waals surface area contributed by atoms with Gasteiger partial charge in [0.2, 0.25) is 5.91 Å². The topological polar surface area (TPSA) is 82.4 Å². The largest absolute Gasteiger partial charge is 0.464 e. The number of para-hydroxylation sites is 1. The Morgan fingerprint density at radius 1 is 1.27 bits per heavy atom. The molecule has 2 heterocycles. The standard InChI is InChI=1S/C23H31N3O4/c1-5-19-14-17(12-13-30-19)22(27)24-21(23(28)29-6-2)20-15(3)25-26(16(20)4)18-10-8-7-9-11-18/h7-11,17,19,21H,5-6,12-14H2,1-4H3,(H,24,27)/t17-,19+,21-/m1/s1. The molecule has 1 aromatic carbocycles. The second kappa shape index (κ2) is 9.89. The lowest BCUT2D eigenvalue weighted by Gasteiger charge is -2.29. The van der Waals surface area contributed by atoms with E-state index in [2.05, 4.69) is 17.3 Å². The lowest BCUT2D eigenvalue weighted by molar-refractivity contribution is -0.148. The molecule has 0 unspecified atom stereocenters. The first-order valence-electron chi connectivity index (χ1n) is 10.7. The molecule has 1 aliphatic heterocycles. The zero-order valence-electron chi connectivity index (χ0n) is 18.2. The summed E-state index contributed by atoms with van der Waals surface area (Å²) >= 11 is 0. The maximum Gasteiger partial charge on any atom is 0.333 e. The van der Waals surface area contributed by atoms with Gasteiger partial charge in [-0.2, -0.15) is 5.10 Å². The van der Waals surface area contributed by atoms with Crippen molar-refractivity contribution in [3.05, 3.63) is 47.3 Å². The fourth-order valence-electron chi connectivity index (χ4n) is 4.03. The van der Waals surface area contributed by atoms with Crippen molar-refractivity contribution in [1.82, 2.24) is 15.1 Å². The van der Waals surface area contributed by atoms with Crippen LogP contribution in [0.5, 0.6) is 0 Å². The summed E-state index contributed by atoms with van der Waals surface area (Å²) in [7, 11) is 0. The summed E-state index contributed by atoms with van der Waals surface area (Å²) in [6, 6.07) is 8.83. The third kappa shape index (κ3) is 4.73. The third-order valence-electron chi connectivity index (χ3n) is 5.64. The predicted octanol–water partition coefficient (Wildman–Crippen LogP) is 3.41. The number of carbonyl (C=O) groups excluding carboxylic acids is 2. The highest BCUT2D eigenvalue weighted by Gasteiger charge is 2.34. The van der Waals surface area contributed by atoms with Crippen molar-refractivity contribution < 1.29 is 19.1 Å². The predicted molar refractivity (Wildman–Crippen MR) is 113 cm³/mol. The van der Waals surface area contributed by atoms with E-state index >= 15 is 0 Å². The molecule has 7 heteroatoms. The minimum atomic E-state index is -0.891.